The molecule has 73 heavy (non-hydrogen) atoms. The lowest BCUT2D eigenvalue weighted by Gasteiger charge is -2.37. The Labute approximate surface area is 426 Å². The fourth-order valence-electron chi connectivity index (χ4n) is 9.32. The number of hydrogen-bond donors (Lipinski definition) is 4. The van der Waals surface area contributed by atoms with E-state index in [2.05, 4.69) is 10.6 Å². The molecule has 2 amide bonds. The molecule has 380 valence electrons. The summed E-state index contributed by atoms with van der Waals surface area (Å²) in [7, 11) is 0. The van der Waals surface area contributed by atoms with Crippen molar-refractivity contribution < 1.29 is 47.8 Å². The van der Waals surface area contributed by atoms with Crippen LogP contribution < -0.4 is 26.8 Å². The molecule has 7 rings (SSSR count). The monoisotopic (exact) mass is 988 g/mol. The van der Waals surface area contributed by atoms with Crippen LogP contribution in [-0.4, -0.2) is 70.9 Å². The number of rotatable bonds is 23. The van der Waals surface area contributed by atoms with Crippen molar-refractivity contribution in [2.75, 3.05) is 0 Å². The quantitative estimate of drug-likeness (QED) is 0.0381. The van der Waals surface area contributed by atoms with E-state index < -0.39 is 59.4 Å². The first-order valence-corrected chi connectivity index (χ1v) is 24.9. The maximum atomic E-state index is 14.4. The summed E-state index contributed by atoms with van der Waals surface area (Å²) in [6.45, 7) is 10.2. The number of fused-ring (bicyclic) bond motifs is 6. The van der Waals surface area contributed by atoms with Gasteiger partial charge >= 0.3 is 5.97 Å². The fourth-order valence-corrected chi connectivity index (χ4v) is 9.32. The number of nitrogens with two attached hydrogens (primary N) is 2. The Balaban J connectivity index is 1.25. The second kappa shape index (κ2) is 23.0. The van der Waals surface area contributed by atoms with Gasteiger partial charge in [0.25, 0.3) is 0 Å². The van der Waals surface area contributed by atoms with Crippen molar-refractivity contribution in [3.05, 3.63) is 165 Å². The highest BCUT2D eigenvalue weighted by molar-refractivity contribution is 6.02. The van der Waals surface area contributed by atoms with Gasteiger partial charge in [-0.3, -0.25) is 33.6 Å². The molecule has 2 aliphatic heterocycles. The number of carbonyl (C=O) groups excluding carboxylic acids is 8. The third-order valence-electron chi connectivity index (χ3n) is 13.5. The van der Waals surface area contributed by atoms with E-state index in [1.165, 1.54) is 0 Å². The van der Waals surface area contributed by atoms with Crippen molar-refractivity contribution in [3.8, 4) is 11.5 Å². The van der Waals surface area contributed by atoms with Crippen molar-refractivity contribution in [3.63, 3.8) is 0 Å². The van der Waals surface area contributed by atoms with Gasteiger partial charge in [-0.15, -0.1) is 0 Å². The average Bonchev–Trinajstić information content (AvgIpc) is 3.64. The molecule has 0 radical (unpaired) electrons. The van der Waals surface area contributed by atoms with Gasteiger partial charge in [0.05, 0.1) is 29.7 Å². The standard InChI is InChI=1S/C59H64N4O10/c1-33(2)23-51(66)42-19-20-43-46(32-42)59(73-58(43)71)44-21-17-40(28-52(67)47(26-38-13-9-7-10-14-38)62-56(69)34(3)24-49(64)36(5)60)30-54(44)72-55-31-41(18-22-45(55)59)29-53(68)48(27-39-15-11-8-12-16-39)63-57(70)35(4)25-50(65)37(6)61/h7-22,30-37,47-48H,23-29,60-61H2,1-6H3,(H,62,69)(H,63,70). The molecule has 0 fully saturated rings. The van der Waals surface area contributed by atoms with Crippen molar-refractivity contribution in [1.29, 1.82) is 0 Å². The van der Waals surface area contributed by atoms with Gasteiger partial charge in [0, 0.05) is 66.2 Å². The summed E-state index contributed by atoms with van der Waals surface area (Å²) in [5.74, 6) is -3.75. The second-order valence-electron chi connectivity index (χ2n) is 20.1. The molecular formula is C59H64N4O10. The van der Waals surface area contributed by atoms with E-state index in [4.69, 9.17) is 20.9 Å². The van der Waals surface area contributed by atoms with Crippen LogP contribution in [0.4, 0.5) is 0 Å². The van der Waals surface area contributed by atoms with Crippen LogP contribution in [0, 0.1) is 17.8 Å². The first-order chi connectivity index (χ1) is 34.7. The molecule has 5 aromatic carbocycles. The molecule has 0 aromatic heterocycles. The SMILES string of the molecule is CC(C)CC(=O)c1ccc2c(c1)C1(OC2=O)c2ccc(CC(=O)C(Cc3ccccc3)NC(=O)C(C)CC(=O)C(C)N)cc2Oc2cc(CC(=O)C(Cc3ccccc3)NC(=O)C(C)CC(=O)C(C)N)ccc21. The number of ketones is 5. The minimum atomic E-state index is -1.62. The molecule has 5 aromatic rings. The van der Waals surface area contributed by atoms with Crippen LogP contribution >= 0.6 is 0 Å². The summed E-state index contributed by atoms with van der Waals surface area (Å²) < 4.78 is 13.2. The van der Waals surface area contributed by atoms with E-state index in [1.54, 1.807) is 82.3 Å². The van der Waals surface area contributed by atoms with Crippen molar-refractivity contribution >= 4 is 46.7 Å². The normalized spacial score (nSPS) is 16.8. The van der Waals surface area contributed by atoms with Crippen LogP contribution in [0.15, 0.2) is 115 Å². The highest BCUT2D eigenvalue weighted by atomic mass is 16.6. The summed E-state index contributed by atoms with van der Waals surface area (Å²) in [6.07, 6.45) is 0.189. The van der Waals surface area contributed by atoms with E-state index in [0.717, 1.165) is 11.1 Å². The number of esters is 1. The van der Waals surface area contributed by atoms with Gasteiger partial charge in [0.15, 0.2) is 23.0 Å². The van der Waals surface area contributed by atoms with Crippen molar-refractivity contribution in [1.82, 2.24) is 10.6 Å². The lowest BCUT2D eigenvalue weighted by Crippen LogP contribution is -2.46. The summed E-state index contributed by atoms with van der Waals surface area (Å²) in [5, 5.41) is 5.78. The molecule has 6 atom stereocenters. The summed E-state index contributed by atoms with van der Waals surface area (Å²) in [4.78, 5) is 108. The Morgan fingerprint density at radius 2 is 0.973 bits per heavy atom. The third-order valence-corrected chi connectivity index (χ3v) is 13.5. The third kappa shape index (κ3) is 12.4. The lowest BCUT2D eigenvalue weighted by atomic mass is 9.76. The average molecular weight is 989 g/mol. The highest BCUT2D eigenvalue weighted by Crippen LogP contribution is 2.56. The van der Waals surface area contributed by atoms with E-state index in [9.17, 15) is 38.4 Å². The Morgan fingerprint density at radius 3 is 1.40 bits per heavy atom. The van der Waals surface area contributed by atoms with Gasteiger partial charge in [-0.25, -0.2) is 4.79 Å². The molecule has 0 saturated heterocycles. The van der Waals surface area contributed by atoms with Crippen molar-refractivity contribution in [2.24, 2.45) is 29.2 Å². The van der Waals surface area contributed by atoms with E-state index in [1.807, 2.05) is 74.5 Å². The number of ether oxygens (including phenoxy) is 2. The Kier molecular flexibility index (Phi) is 16.8. The van der Waals surface area contributed by atoms with Gasteiger partial charge in [-0.2, -0.15) is 0 Å². The van der Waals surface area contributed by atoms with Gasteiger partial charge in [-0.05, 0) is 79.1 Å². The number of nitrogens with one attached hydrogen (secondary N) is 2. The Bertz CT molecular complexity index is 2780. The number of Topliss-reactive ketones (excluding diaryl/α,β-unsaturated/α-hetero) is 5. The van der Waals surface area contributed by atoms with Crippen molar-refractivity contribution in [2.45, 2.75) is 116 Å². The lowest BCUT2D eigenvalue weighted by molar-refractivity contribution is -0.132. The van der Waals surface area contributed by atoms with Gasteiger partial charge in [0.2, 0.25) is 11.8 Å². The summed E-state index contributed by atoms with van der Waals surface area (Å²) in [6, 6.07) is 30.3. The van der Waals surface area contributed by atoms with Gasteiger partial charge < -0.3 is 31.6 Å². The first kappa shape index (κ1) is 53.4. The molecule has 0 aliphatic carbocycles. The molecule has 2 heterocycles. The minimum absolute atomic E-state index is 0.0702. The smallest absolute Gasteiger partial charge is 0.340 e. The van der Waals surface area contributed by atoms with Crippen LogP contribution in [0.5, 0.6) is 11.5 Å². The molecule has 0 saturated carbocycles. The van der Waals surface area contributed by atoms with Gasteiger partial charge in [-0.1, -0.05) is 119 Å². The van der Waals surface area contributed by atoms with Crippen LogP contribution in [0.1, 0.15) is 120 Å². The van der Waals surface area contributed by atoms with Gasteiger partial charge in [0.1, 0.15) is 23.1 Å². The van der Waals surface area contributed by atoms with Crippen LogP contribution in [0.3, 0.4) is 0 Å². The summed E-state index contributed by atoms with van der Waals surface area (Å²) >= 11 is 0. The maximum absolute atomic E-state index is 14.4. The molecule has 0 bridgehead atoms. The van der Waals surface area contributed by atoms with Crippen LogP contribution in [-0.2, 0) is 64.8 Å². The first-order valence-electron chi connectivity index (χ1n) is 24.9. The van der Waals surface area contributed by atoms with E-state index >= 15 is 0 Å². The molecule has 1 spiro atoms. The minimum Gasteiger partial charge on any atom is -0.456 e. The van der Waals surface area contributed by atoms with Crippen LogP contribution in [0.25, 0.3) is 0 Å². The zero-order chi connectivity index (χ0) is 52.7. The van der Waals surface area contributed by atoms with Crippen LogP contribution in [0.2, 0.25) is 0 Å². The zero-order valence-corrected chi connectivity index (χ0v) is 42.2. The molecule has 2 aliphatic rings. The molecular weight excluding hydrogens is 925 g/mol. The summed E-state index contributed by atoms with van der Waals surface area (Å²) in [5.41, 5.74) is 14.5. The molecule has 6 N–H and O–H groups in total. The van der Waals surface area contributed by atoms with E-state index in [-0.39, 0.29) is 96.8 Å². The van der Waals surface area contributed by atoms with E-state index in [0.29, 0.717) is 33.4 Å². The predicted molar refractivity (Wildman–Crippen MR) is 275 cm³/mol. The second-order valence-corrected chi connectivity index (χ2v) is 20.1. The number of hydrogen-bond acceptors (Lipinski definition) is 12. The zero-order valence-electron chi connectivity index (χ0n) is 42.2. The fraction of sp³-hybridized carbons (Fsp3) is 0.356. The Morgan fingerprint density at radius 1 is 0.521 bits per heavy atom. The number of benzene rings is 5. The molecule has 14 nitrogen and oxygen atoms in total. The molecule has 6 unspecified atom stereocenters. The number of amides is 2. The topological polar surface area (TPSA) is 231 Å². The predicted octanol–water partition coefficient (Wildman–Crippen LogP) is 7.05. The Hall–Kier alpha value is -7.42. The number of carbonyl (C=O) groups is 8. The largest absolute Gasteiger partial charge is 0.456 e. The highest BCUT2D eigenvalue weighted by Gasteiger charge is 2.54. The maximum Gasteiger partial charge on any atom is 0.340 e. The molecule has 14 heteroatoms.